The molecule has 0 radical (unpaired) electrons. The molecule has 0 saturated carbocycles. The van der Waals surface area contributed by atoms with E-state index in [-0.39, 0.29) is 17.0 Å². The highest BCUT2D eigenvalue weighted by molar-refractivity contribution is 7.89. The van der Waals surface area contributed by atoms with E-state index in [0.29, 0.717) is 19.0 Å². The smallest absolute Gasteiger partial charge is 0.243 e. The van der Waals surface area contributed by atoms with Crippen molar-refractivity contribution < 1.29 is 13.2 Å². The van der Waals surface area contributed by atoms with Crippen LogP contribution < -0.4 is 10.0 Å². The van der Waals surface area contributed by atoms with Crippen molar-refractivity contribution in [3.8, 4) is 0 Å². The van der Waals surface area contributed by atoms with Gasteiger partial charge in [-0.2, -0.15) is 0 Å². The summed E-state index contributed by atoms with van der Waals surface area (Å²) in [6.07, 6.45) is 3.12. The number of ether oxygens (including phenoxy) is 1. The summed E-state index contributed by atoms with van der Waals surface area (Å²) in [6, 6.07) is -0.195. The molecule has 2 atom stereocenters. The fourth-order valence-electron chi connectivity index (χ4n) is 1.74. The largest absolute Gasteiger partial charge is 0.377 e. The summed E-state index contributed by atoms with van der Waals surface area (Å²) in [6.45, 7) is 2.42. The fourth-order valence-corrected chi connectivity index (χ4v) is 2.96. The molecule has 0 aliphatic carbocycles. The van der Waals surface area contributed by atoms with E-state index < -0.39 is 10.0 Å². The Balaban J connectivity index is 2.14. The summed E-state index contributed by atoms with van der Waals surface area (Å²) in [5, 5.41) is 2.73. The Morgan fingerprint density at radius 1 is 1.39 bits per heavy atom. The molecule has 2 heterocycles. The Bertz CT molecular complexity index is 502. The van der Waals surface area contributed by atoms with Crippen LogP contribution in [0.2, 0.25) is 0 Å². The molecule has 1 aromatic rings. The van der Waals surface area contributed by atoms with Gasteiger partial charge in [-0.3, -0.25) is 0 Å². The highest BCUT2D eigenvalue weighted by atomic mass is 32.2. The Morgan fingerprint density at radius 2 is 2.06 bits per heavy atom. The average molecular weight is 272 g/mol. The molecule has 100 valence electrons. The third-order valence-corrected chi connectivity index (χ3v) is 4.29. The highest BCUT2D eigenvalue weighted by Crippen LogP contribution is 2.16. The first-order chi connectivity index (χ1) is 8.53. The normalized spacial score (nSPS) is 24.1. The minimum Gasteiger partial charge on any atom is -0.377 e. The number of anilines is 1. The summed E-state index contributed by atoms with van der Waals surface area (Å²) in [7, 11) is -1.92. The SMILES string of the molecule is CNc1ncc(S(=O)(=O)NC2CCOC2C)cn1. The van der Waals surface area contributed by atoms with Crippen molar-refractivity contribution >= 4 is 16.0 Å². The molecule has 1 saturated heterocycles. The lowest BCUT2D eigenvalue weighted by molar-refractivity contribution is 0.117. The maximum absolute atomic E-state index is 12.1. The van der Waals surface area contributed by atoms with Crippen LogP contribution >= 0.6 is 0 Å². The van der Waals surface area contributed by atoms with Crippen molar-refractivity contribution in [2.75, 3.05) is 19.0 Å². The lowest BCUT2D eigenvalue weighted by atomic mass is 10.2. The van der Waals surface area contributed by atoms with Crippen LogP contribution in [0.25, 0.3) is 0 Å². The van der Waals surface area contributed by atoms with E-state index in [2.05, 4.69) is 20.0 Å². The quantitative estimate of drug-likeness (QED) is 0.799. The number of rotatable bonds is 4. The summed E-state index contributed by atoms with van der Waals surface area (Å²) in [5.41, 5.74) is 0. The summed E-state index contributed by atoms with van der Waals surface area (Å²) < 4.78 is 32.1. The average Bonchev–Trinajstić information content (AvgIpc) is 2.74. The Kier molecular flexibility index (Phi) is 3.79. The van der Waals surface area contributed by atoms with Gasteiger partial charge in [-0.15, -0.1) is 0 Å². The molecule has 0 aromatic carbocycles. The molecule has 1 aliphatic rings. The summed E-state index contributed by atoms with van der Waals surface area (Å²) >= 11 is 0. The zero-order chi connectivity index (χ0) is 13.2. The maximum atomic E-state index is 12.1. The first kappa shape index (κ1) is 13.2. The third-order valence-electron chi connectivity index (χ3n) is 2.84. The van der Waals surface area contributed by atoms with Gasteiger partial charge in [0.05, 0.1) is 24.5 Å². The molecular formula is C10H16N4O3S. The molecule has 0 amide bonds. The molecule has 1 aromatic heterocycles. The van der Waals surface area contributed by atoms with E-state index in [1.807, 2.05) is 6.92 Å². The first-order valence-electron chi connectivity index (χ1n) is 5.66. The molecule has 2 N–H and O–H groups in total. The third kappa shape index (κ3) is 2.77. The molecular weight excluding hydrogens is 256 g/mol. The number of hydrogen-bond acceptors (Lipinski definition) is 6. The predicted molar refractivity (Wildman–Crippen MR) is 65.7 cm³/mol. The second-order valence-corrected chi connectivity index (χ2v) is 5.80. The van der Waals surface area contributed by atoms with Crippen molar-refractivity contribution in [3.05, 3.63) is 12.4 Å². The Morgan fingerprint density at radius 3 is 2.56 bits per heavy atom. The second kappa shape index (κ2) is 5.17. The van der Waals surface area contributed by atoms with E-state index in [9.17, 15) is 8.42 Å². The second-order valence-electron chi connectivity index (χ2n) is 4.08. The van der Waals surface area contributed by atoms with Crippen molar-refractivity contribution in [2.24, 2.45) is 0 Å². The Labute approximate surface area is 106 Å². The van der Waals surface area contributed by atoms with E-state index in [0.717, 1.165) is 0 Å². The van der Waals surface area contributed by atoms with Crippen LogP contribution in [-0.2, 0) is 14.8 Å². The standard InChI is InChI=1S/C10H16N4O3S/c1-7-9(3-4-17-7)14-18(15,16)8-5-12-10(11-2)13-6-8/h5-7,9,14H,3-4H2,1-2H3,(H,11,12,13). The van der Waals surface area contributed by atoms with Crippen LogP contribution in [0.1, 0.15) is 13.3 Å². The van der Waals surface area contributed by atoms with Crippen LogP contribution in [-0.4, -0.2) is 44.2 Å². The minimum absolute atomic E-state index is 0.0561. The van der Waals surface area contributed by atoms with Crippen LogP contribution in [0, 0.1) is 0 Å². The zero-order valence-electron chi connectivity index (χ0n) is 10.3. The van der Waals surface area contributed by atoms with Gasteiger partial charge in [0.1, 0.15) is 4.90 Å². The van der Waals surface area contributed by atoms with Gasteiger partial charge in [0.25, 0.3) is 0 Å². The summed E-state index contributed by atoms with van der Waals surface area (Å²) in [4.78, 5) is 7.82. The highest BCUT2D eigenvalue weighted by Gasteiger charge is 2.29. The van der Waals surface area contributed by atoms with Crippen LogP contribution in [0.4, 0.5) is 5.95 Å². The Hall–Kier alpha value is -1.25. The van der Waals surface area contributed by atoms with Crippen LogP contribution in [0.15, 0.2) is 17.3 Å². The maximum Gasteiger partial charge on any atom is 0.243 e. The number of sulfonamides is 1. The molecule has 0 spiro atoms. The molecule has 2 unspecified atom stereocenters. The number of hydrogen-bond donors (Lipinski definition) is 2. The zero-order valence-corrected chi connectivity index (χ0v) is 11.1. The van der Waals surface area contributed by atoms with Crippen LogP contribution in [0.3, 0.4) is 0 Å². The van der Waals surface area contributed by atoms with Gasteiger partial charge in [0, 0.05) is 13.7 Å². The molecule has 7 nitrogen and oxygen atoms in total. The number of nitrogens with one attached hydrogen (secondary N) is 2. The molecule has 1 aliphatic heterocycles. The van der Waals surface area contributed by atoms with Crippen LogP contribution in [0.5, 0.6) is 0 Å². The minimum atomic E-state index is -3.58. The number of nitrogens with zero attached hydrogens (tertiary/aromatic N) is 2. The van der Waals surface area contributed by atoms with E-state index in [1.54, 1.807) is 7.05 Å². The van der Waals surface area contributed by atoms with Crippen molar-refractivity contribution in [1.29, 1.82) is 0 Å². The predicted octanol–water partition coefficient (Wildman–Crippen LogP) is -0.0260. The number of aromatic nitrogens is 2. The molecule has 18 heavy (non-hydrogen) atoms. The molecule has 0 bridgehead atoms. The molecule has 1 fully saturated rings. The van der Waals surface area contributed by atoms with Crippen molar-refractivity contribution in [3.63, 3.8) is 0 Å². The van der Waals surface area contributed by atoms with Gasteiger partial charge in [0.2, 0.25) is 16.0 Å². The summed E-state index contributed by atoms with van der Waals surface area (Å²) in [5.74, 6) is 0.381. The van der Waals surface area contributed by atoms with Gasteiger partial charge >= 0.3 is 0 Å². The lowest BCUT2D eigenvalue weighted by Gasteiger charge is -2.15. The first-order valence-corrected chi connectivity index (χ1v) is 7.15. The van der Waals surface area contributed by atoms with Crippen molar-refractivity contribution in [2.45, 2.75) is 30.4 Å². The van der Waals surface area contributed by atoms with E-state index in [1.165, 1.54) is 12.4 Å². The monoisotopic (exact) mass is 272 g/mol. The topological polar surface area (TPSA) is 93.2 Å². The van der Waals surface area contributed by atoms with E-state index in [4.69, 9.17) is 4.74 Å². The van der Waals surface area contributed by atoms with Gasteiger partial charge in [-0.1, -0.05) is 0 Å². The molecule has 2 rings (SSSR count). The van der Waals surface area contributed by atoms with E-state index >= 15 is 0 Å². The molecule has 8 heteroatoms. The van der Waals surface area contributed by atoms with Gasteiger partial charge in [-0.25, -0.2) is 23.1 Å². The van der Waals surface area contributed by atoms with Crippen molar-refractivity contribution in [1.82, 2.24) is 14.7 Å². The lowest BCUT2D eigenvalue weighted by Crippen LogP contribution is -2.39. The van der Waals surface area contributed by atoms with Gasteiger partial charge < -0.3 is 10.1 Å². The fraction of sp³-hybridized carbons (Fsp3) is 0.600. The van der Waals surface area contributed by atoms with Gasteiger partial charge in [0.15, 0.2) is 0 Å². The van der Waals surface area contributed by atoms with Gasteiger partial charge in [-0.05, 0) is 13.3 Å².